The van der Waals surface area contributed by atoms with Crippen molar-refractivity contribution in [3.05, 3.63) is 28.8 Å². The summed E-state index contributed by atoms with van der Waals surface area (Å²) in [6.07, 6.45) is -0.209. The Balaban J connectivity index is 2.04. The maximum Gasteiger partial charge on any atom is 0.138 e. The Morgan fingerprint density at radius 3 is 2.75 bits per heavy atom. The van der Waals surface area contributed by atoms with E-state index in [2.05, 4.69) is 0 Å². The fourth-order valence-electron chi connectivity index (χ4n) is 1.85. The third kappa shape index (κ3) is 2.17. The number of aliphatic hydroxyl groups excluding tert-OH is 1. The quantitative estimate of drug-likeness (QED) is 0.883. The van der Waals surface area contributed by atoms with Crippen LogP contribution in [0.4, 0.5) is 0 Å². The summed E-state index contributed by atoms with van der Waals surface area (Å²) in [6.45, 7) is 1.97. The molecule has 0 aliphatic heterocycles. The Bertz CT molecular complexity index is 381. The molecule has 3 atom stereocenters. The molecule has 0 bridgehead atoms. The fourth-order valence-corrected chi connectivity index (χ4v) is 2.13. The highest BCUT2D eigenvalue weighted by Crippen LogP contribution is 2.32. The molecule has 88 valence electrons. The first-order valence-corrected chi connectivity index (χ1v) is 5.63. The van der Waals surface area contributed by atoms with Gasteiger partial charge in [0.1, 0.15) is 18.0 Å². The van der Waals surface area contributed by atoms with E-state index in [-0.39, 0.29) is 12.2 Å². The molecule has 4 heteroatoms. The zero-order valence-electron chi connectivity index (χ0n) is 9.31. The Morgan fingerprint density at radius 2 is 2.19 bits per heavy atom. The highest BCUT2D eigenvalue weighted by atomic mass is 35.5. The predicted octanol–water partition coefficient (Wildman–Crippen LogP) is 2.18. The topological polar surface area (TPSA) is 38.7 Å². The number of hydrogen-bond acceptors (Lipinski definition) is 3. The smallest absolute Gasteiger partial charge is 0.138 e. The molecule has 3 unspecified atom stereocenters. The van der Waals surface area contributed by atoms with Crippen molar-refractivity contribution in [1.82, 2.24) is 0 Å². The Labute approximate surface area is 99.9 Å². The number of methoxy groups -OCH3 is 1. The molecule has 1 N–H and O–H groups in total. The van der Waals surface area contributed by atoms with Crippen molar-refractivity contribution in [2.75, 3.05) is 7.11 Å². The number of rotatable bonds is 3. The minimum Gasteiger partial charge on any atom is -0.486 e. The van der Waals surface area contributed by atoms with Crippen LogP contribution in [-0.4, -0.2) is 30.5 Å². The second kappa shape index (κ2) is 4.62. The van der Waals surface area contributed by atoms with Crippen LogP contribution in [0.3, 0.4) is 0 Å². The van der Waals surface area contributed by atoms with Gasteiger partial charge in [0.05, 0.1) is 11.1 Å². The molecule has 1 saturated carbocycles. The lowest BCUT2D eigenvalue weighted by Crippen LogP contribution is -2.54. The van der Waals surface area contributed by atoms with Crippen LogP contribution in [-0.2, 0) is 4.74 Å². The molecule has 2 rings (SSSR count). The molecule has 0 heterocycles. The lowest BCUT2D eigenvalue weighted by atomic mass is 9.88. The normalized spacial score (nSPS) is 28.6. The average molecular weight is 243 g/mol. The molecule has 1 aliphatic rings. The van der Waals surface area contributed by atoms with Crippen LogP contribution in [0.5, 0.6) is 5.75 Å². The minimum absolute atomic E-state index is 0.111. The number of halogens is 1. The highest BCUT2D eigenvalue weighted by molar-refractivity contribution is 6.32. The van der Waals surface area contributed by atoms with E-state index < -0.39 is 6.10 Å². The van der Waals surface area contributed by atoms with Crippen LogP contribution in [0.15, 0.2) is 18.2 Å². The van der Waals surface area contributed by atoms with Crippen LogP contribution < -0.4 is 4.74 Å². The summed E-state index contributed by atoms with van der Waals surface area (Å²) in [5.41, 5.74) is 1.09. The number of hydrogen-bond donors (Lipinski definition) is 1. The number of ether oxygens (including phenoxy) is 2. The fraction of sp³-hybridized carbons (Fsp3) is 0.500. The van der Waals surface area contributed by atoms with Gasteiger partial charge in [-0.2, -0.15) is 0 Å². The maximum absolute atomic E-state index is 9.43. The Morgan fingerprint density at radius 1 is 1.44 bits per heavy atom. The van der Waals surface area contributed by atoms with E-state index in [1.54, 1.807) is 7.11 Å². The van der Waals surface area contributed by atoms with Crippen molar-refractivity contribution >= 4 is 11.6 Å². The van der Waals surface area contributed by atoms with Gasteiger partial charge in [-0.25, -0.2) is 0 Å². The summed E-state index contributed by atoms with van der Waals surface area (Å²) in [4.78, 5) is 0. The SMILES string of the molecule is COC1C(O)CC1Oc1ccc(C)cc1Cl. The molecule has 3 nitrogen and oxygen atoms in total. The predicted molar refractivity (Wildman–Crippen MR) is 62.0 cm³/mol. The standard InChI is InChI=1S/C12H15ClO3/c1-7-3-4-10(8(13)5-7)16-11-6-9(14)12(11)15-2/h3-5,9,11-12,14H,6H2,1-2H3. The molecule has 1 aliphatic carbocycles. The van der Waals surface area contributed by atoms with Crippen LogP contribution in [0.25, 0.3) is 0 Å². The molecule has 0 radical (unpaired) electrons. The second-order valence-corrected chi connectivity index (χ2v) is 4.50. The van der Waals surface area contributed by atoms with Gasteiger partial charge < -0.3 is 14.6 Å². The number of aliphatic hydroxyl groups is 1. The third-order valence-corrected chi connectivity index (χ3v) is 3.15. The van der Waals surface area contributed by atoms with E-state index in [0.717, 1.165) is 5.56 Å². The van der Waals surface area contributed by atoms with Crippen LogP contribution in [0.2, 0.25) is 5.02 Å². The zero-order chi connectivity index (χ0) is 11.7. The number of aryl methyl sites for hydroxylation is 1. The van der Waals surface area contributed by atoms with Gasteiger partial charge in [0.25, 0.3) is 0 Å². The van der Waals surface area contributed by atoms with Gasteiger partial charge in [0.2, 0.25) is 0 Å². The largest absolute Gasteiger partial charge is 0.486 e. The van der Waals surface area contributed by atoms with Gasteiger partial charge in [0, 0.05) is 13.5 Å². The van der Waals surface area contributed by atoms with E-state index >= 15 is 0 Å². The van der Waals surface area contributed by atoms with Crippen LogP contribution >= 0.6 is 11.6 Å². The van der Waals surface area contributed by atoms with Gasteiger partial charge >= 0.3 is 0 Å². The molecule has 1 aromatic carbocycles. The molecule has 1 aromatic rings. The summed E-state index contributed by atoms with van der Waals surface area (Å²) in [5, 5.41) is 10.0. The van der Waals surface area contributed by atoms with Gasteiger partial charge in [0.15, 0.2) is 0 Å². The molecule has 0 aromatic heterocycles. The zero-order valence-corrected chi connectivity index (χ0v) is 10.1. The van der Waals surface area contributed by atoms with Crippen LogP contribution in [0.1, 0.15) is 12.0 Å². The van der Waals surface area contributed by atoms with E-state index in [1.165, 1.54) is 0 Å². The van der Waals surface area contributed by atoms with Gasteiger partial charge in [-0.3, -0.25) is 0 Å². The third-order valence-electron chi connectivity index (χ3n) is 2.86. The minimum atomic E-state index is -0.431. The Hall–Kier alpha value is -0.770. The summed E-state index contributed by atoms with van der Waals surface area (Å²) in [7, 11) is 1.57. The summed E-state index contributed by atoms with van der Waals surface area (Å²) < 4.78 is 10.8. The molecular formula is C12H15ClO3. The van der Waals surface area contributed by atoms with Gasteiger partial charge in [-0.1, -0.05) is 17.7 Å². The molecule has 0 spiro atoms. The van der Waals surface area contributed by atoms with Crippen molar-refractivity contribution in [1.29, 1.82) is 0 Å². The van der Waals surface area contributed by atoms with Crippen molar-refractivity contribution in [3.8, 4) is 5.75 Å². The lowest BCUT2D eigenvalue weighted by molar-refractivity contribution is -0.149. The first-order chi connectivity index (χ1) is 7.61. The van der Waals surface area contributed by atoms with Crippen LogP contribution in [0, 0.1) is 6.92 Å². The first kappa shape index (κ1) is 11.7. The summed E-state index contributed by atoms with van der Waals surface area (Å²) >= 11 is 6.05. The van der Waals surface area contributed by atoms with E-state index in [9.17, 15) is 5.11 Å². The van der Waals surface area contributed by atoms with Crippen molar-refractivity contribution in [2.24, 2.45) is 0 Å². The molecule has 0 saturated heterocycles. The summed E-state index contributed by atoms with van der Waals surface area (Å²) in [6, 6.07) is 5.64. The molecule has 1 fully saturated rings. The molecule has 0 amide bonds. The molecule has 16 heavy (non-hydrogen) atoms. The van der Waals surface area contributed by atoms with Crippen molar-refractivity contribution in [2.45, 2.75) is 31.7 Å². The highest BCUT2D eigenvalue weighted by Gasteiger charge is 2.42. The van der Waals surface area contributed by atoms with E-state index in [4.69, 9.17) is 21.1 Å². The molecular weight excluding hydrogens is 228 g/mol. The van der Waals surface area contributed by atoms with E-state index in [1.807, 2.05) is 25.1 Å². The monoisotopic (exact) mass is 242 g/mol. The van der Waals surface area contributed by atoms with Crippen molar-refractivity contribution < 1.29 is 14.6 Å². The average Bonchev–Trinajstić information content (AvgIpc) is 2.21. The second-order valence-electron chi connectivity index (χ2n) is 4.09. The lowest BCUT2D eigenvalue weighted by Gasteiger charge is -2.40. The first-order valence-electron chi connectivity index (χ1n) is 5.25. The number of benzene rings is 1. The maximum atomic E-state index is 9.43. The van der Waals surface area contributed by atoms with Gasteiger partial charge in [-0.15, -0.1) is 0 Å². The van der Waals surface area contributed by atoms with Crippen molar-refractivity contribution in [3.63, 3.8) is 0 Å². The van der Waals surface area contributed by atoms with Gasteiger partial charge in [-0.05, 0) is 24.6 Å². The van der Waals surface area contributed by atoms with E-state index in [0.29, 0.717) is 17.2 Å². The summed E-state index contributed by atoms with van der Waals surface area (Å²) in [5.74, 6) is 0.645. The Kier molecular flexibility index (Phi) is 3.38.